The van der Waals surface area contributed by atoms with Gasteiger partial charge in [0.2, 0.25) is 0 Å². The second kappa shape index (κ2) is 7.34. The molecule has 2 fully saturated rings. The van der Waals surface area contributed by atoms with Crippen LogP contribution in [0.25, 0.3) is 0 Å². The number of hydrogen-bond donors (Lipinski definition) is 1. The molecule has 1 atom stereocenters. The molecule has 1 aliphatic carbocycles. The predicted octanol–water partition coefficient (Wildman–Crippen LogP) is 3.41. The van der Waals surface area contributed by atoms with Crippen LogP contribution >= 0.6 is 0 Å². The van der Waals surface area contributed by atoms with E-state index in [2.05, 4.69) is 10.2 Å². The molecular weight excluding hydrogens is 314 g/mol. The quantitative estimate of drug-likeness (QED) is 0.913. The number of anilines is 1. The van der Waals surface area contributed by atoms with E-state index >= 15 is 0 Å². The predicted molar refractivity (Wildman–Crippen MR) is 101 cm³/mol. The van der Waals surface area contributed by atoms with Crippen molar-refractivity contribution >= 4 is 11.7 Å². The van der Waals surface area contributed by atoms with Crippen LogP contribution in [0, 0.1) is 13.8 Å². The average molecular weight is 345 g/mol. The maximum Gasteiger partial charge on any atom is 0.322 e. The van der Waals surface area contributed by atoms with Crippen molar-refractivity contribution in [3.05, 3.63) is 29.3 Å². The highest BCUT2D eigenvalue weighted by atomic mass is 16.5. The fourth-order valence-electron chi connectivity index (χ4n) is 4.17. The molecular formula is C20H31N3O2. The lowest BCUT2D eigenvalue weighted by Crippen LogP contribution is -2.60. The van der Waals surface area contributed by atoms with E-state index in [9.17, 15) is 4.79 Å². The van der Waals surface area contributed by atoms with E-state index in [-0.39, 0.29) is 17.7 Å². The molecule has 3 rings (SSSR count). The molecule has 5 nitrogen and oxygen atoms in total. The lowest BCUT2D eigenvalue weighted by Gasteiger charge is -2.46. The minimum Gasteiger partial charge on any atom is -0.371 e. The summed E-state index contributed by atoms with van der Waals surface area (Å²) in [7, 11) is 4.09. The molecule has 1 spiro atoms. The number of morpholine rings is 1. The topological polar surface area (TPSA) is 44.8 Å². The number of rotatable bonds is 3. The van der Waals surface area contributed by atoms with E-state index in [4.69, 9.17) is 4.74 Å². The largest absolute Gasteiger partial charge is 0.371 e. The summed E-state index contributed by atoms with van der Waals surface area (Å²) in [6.45, 7) is 6.21. The van der Waals surface area contributed by atoms with E-state index < -0.39 is 0 Å². The fourth-order valence-corrected chi connectivity index (χ4v) is 4.17. The molecule has 1 N–H and O–H groups in total. The summed E-state index contributed by atoms with van der Waals surface area (Å²) in [5.74, 6) is 0. The van der Waals surface area contributed by atoms with Crippen LogP contribution in [0.3, 0.4) is 0 Å². The molecule has 0 unspecified atom stereocenters. The van der Waals surface area contributed by atoms with Gasteiger partial charge in [0.15, 0.2) is 0 Å². The van der Waals surface area contributed by atoms with Crippen molar-refractivity contribution in [3.8, 4) is 0 Å². The fraction of sp³-hybridized carbons (Fsp3) is 0.650. The SMILES string of the molecule is Cc1cccc(C)c1NC(=O)N1CC2(CCCC2)OC[C@H]1CN(C)C. The number of urea groups is 1. The van der Waals surface area contributed by atoms with Crippen LogP contribution in [0.5, 0.6) is 0 Å². The second-order valence-electron chi connectivity index (χ2n) is 7.94. The number of aryl methyl sites for hydroxylation is 2. The Morgan fingerprint density at radius 2 is 1.92 bits per heavy atom. The highest BCUT2D eigenvalue weighted by Crippen LogP contribution is 2.37. The molecule has 1 aliphatic heterocycles. The Balaban J connectivity index is 1.79. The van der Waals surface area contributed by atoms with Crippen LogP contribution < -0.4 is 5.32 Å². The third-order valence-corrected chi connectivity index (χ3v) is 5.55. The number of nitrogens with one attached hydrogen (secondary N) is 1. The van der Waals surface area contributed by atoms with Crippen LogP contribution in [-0.2, 0) is 4.74 Å². The smallest absolute Gasteiger partial charge is 0.322 e. The lowest BCUT2D eigenvalue weighted by molar-refractivity contribution is -0.118. The summed E-state index contributed by atoms with van der Waals surface area (Å²) in [5, 5.41) is 3.17. The number of hydrogen-bond acceptors (Lipinski definition) is 3. The van der Waals surface area contributed by atoms with Crippen molar-refractivity contribution in [3.63, 3.8) is 0 Å². The zero-order chi connectivity index (χ0) is 18.0. The molecule has 2 aliphatic rings. The van der Waals surface area contributed by atoms with Crippen molar-refractivity contribution in [1.29, 1.82) is 0 Å². The highest BCUT2D eigenvalue weighted by Gasteiger charge is 2.44. The van der Waals surface area contributed by atoms with Gasteiger partial charge in [-0.3, -0.25) is 0 Å². The van der Waals surface area contributed by atoms with Crippen molar-refractivity contribution in [1.82, 2.24) is 9.80 Å². The van der Waals surface area contributed by atoms with Crippen molar-refractivity contribution in [2.75, 3.05) is 39.1 Å². The summed E-state index contributed by atoms with van der Waals surface area (Å²) in [6.07, 6.45) is 4.53. The number of carbonyl (C=O) groups is 1. The highest BCUT2D eigenvalue weighted by molar-refractivity contribution is 5.91. The zero-order valence-corrected chi connectivity index (χ0v) is 16.0. The van der Waals surface area contributed by atoms with Gasteiger partial charge in [0.1, 0.15) is 0 Å². The maximum absolute atomic E-state index is 13.1. The second-order valence-corrected chi connectivity index (χ2v) is 7.94. The molecule has 2 amide bonds. The van der Waals surface area contributed by atoms with Crippen molar-refractivity contribution in [2.45, 2.75) is 51.2 Å². The minimum absolute atomic E-state index is 0.00109. The normalized spacial score (nSPS) is 22.6. The molecule has 1 aromatic carbocycles. The standard InChI is InChI=1S/C20H31N3O2/c1-15-8-7-9-16(2)18(15)21-19(24)23-14-20(10-5-6-11-20)25-13-17(23)12-22(3)4/h7-9,17H,5-6,10-14H2,1-4H3,(H,21,24)/t17-/m1/s1. The Morgan fingerprint density at radius 1 is 1.28 bits per heavy atom. The zero-order valence-electron chi connectivity index (χ0n) is 16.0. The third kappa shape index (κ3) is 3.98. The number of nitrogens with zero attached hydrogens (tertiary/aromatic N) is 2. The van der Waals surface area contributed by atoms with Gasteiger partial charge in [0.25, 0.3) is 0 Å². The summed E-state index contributed by atoms with van der Waals surface area (Å²) in [6, 6.07) is 6.19. The summed E-state index contributed by atoms with van der Waals surface area (Å²) in [4.78, 5) is 17.3. The van der Waals surface area contributed by atoms with Crippen LogP contribution in [0.1, 0.15) is 36.8 Å². The summed E-state index contributed by atoms with van der Waals surface area (Å²) in [5.41, 5.74) is 3.01. The van der Waals surface area contributed by atoms with Gasteiger partial charge in [-0.25, -0.2) is 4.79 Å². The molecule has 5 heteroatoms. The molecule has 1 saturated carbocycles. The number of ether oxygens (including phenoxy) is 1. The average Bonchev–Trinajstić information content (AvgIpc) is 3.00. The molecule has 0 radical (unpaired) electrons. The van der Waals surface area contributed by atoms with Gasteiger partial charge in [-0.05, 0) is 51.9 Å². The van der Waals surface area contributed by atoms with Gasteiger partial charge >= 0.3 is 6.03 Å². The Kier molecular flexibility index (Phi) is 5.35. The Labute approximate surface area is 151 Å². The lowest BCUT2D eigenvalue weighted by atomic mass is 9.97. The molecule has 1 heterocycles. The van der Waals surface area contributed by atoms with Crippen LogP contribution in [-0.4, -0.2) is 61.3 Å². The first-order valence-electron chi connectivity index (χ1n) is 9.33. The van der Waals surface area contributed by atoms with Crippen LogP contribution in [0.15, 0.2) is 18.2 Å². The summed E-state index contributed by atoms with van der Waals surface area (Å²) < 4.78 is 6.27. The minimum atomic E-state index is -0.124. The first-order chi connectivity index (χ1) is 11.9. The van der Waals surface area contributed by atoms with Gasteiger partial charge in [-0.2, -0.15) is 0 Å². The van der Waals surface area contributed by atoms with Crippen LogP contribution in [0.2, 0.25) is 0 Å². The molecule has 0 aromatic heterocycles. The number of amides is 2. The number of para-hydroxylation sites is 1. The molecule has 138 valence electrons. The first kappa shape index (κ1) is 18.2. The molecule has 1 saturated heterocycles. The van der Waals surface area contributed by atoms with E-state index in [0.29, 0.717) is 13.2 Å². The van der Waals surface area contributed by atoms with Gasteiger partial charge in [-0.15, -0.1) is 0 Å². The van der Waals surface area contributed by atoms with Crippen molar-refractivity contribution in [2.24, 2.45) is 0 Å². The molecule has 0 bridgehead atoms. The Bertz CT molecular complexity index is 603. The van der Waals surface area contributed by atoms with Gasteiger partial charge < -0.3 is 19.9 Å². The van der Waals surface area contributed by atoms with Crippen LogP contribution in [0.4, 0.5) is 10.5 Å². The van der Waals surface area contributed by atoms with Crippen molar-refractivity contribution < 1.29 is 9.53 Å². The van der Waals surface area contributed by atoms with E-state index in [1.807, 2.05) is 51.0 Å². The summed E-state index contributed by atoms with van der Waals surface area (Å²) >= 11 is 0. The number of likely N-dealkylation sites (N-methyl/N-ethyl adjacent to an activating group) is 1. The molecule has 1 aromatic rings. The van der Waals surface area contributed by atoms with Gasteiger partial charge in [0.05, 0.1) is 24.8 Å². The Morgan fingerprint density at radius 3 is 2.52 bits per heavy atom. The third-order valence-electron chi connectivity index (χ3n) is 5.55. The van der Waals surface area contributed by atoms with Gasteiger partial charge in [0, 0.05) is 12.2 Å². The maximum atomic E-state index is 13.1. The van der Waals surface area contributed by atoms with E-state index in [0.717, 1.165) is 36.2 Å². The number of benzene rings is 1. The number of carbonyl (C=O) groups excluding carboxylic acids is 1. The Hall–Kier alpha value is -1.59. The molecule has 25 heavy (non-hydrogen) atoms. The van der Waals surface area contributed by atoms with E-state index in [1.54, 1.807) is 0 Å². The monoisotopic (exact) mass is 345 g/mol. The van der Waals surface area contributed by atoms with E-state index in [1.165, 1.54) is 12.8 Å². The first-order valence-corrected chi connectivity index (χ1v) is 9.33. The van der Waals surface area contributed by atoms with Gasteiger partial charge in [-0.1, -0.05) is 31.0 Å².